The molecule has 1 aromatic carbocycles. The van der Waals surface area contributed by atoms with Gasteiger partial charge in [-0.25, -0.2) is 14.4 Å². The lowest BCUT2D eigenvalue weighted by molar-refractivity contribution is -0.184. The number of carboxylic acids is 1. The molecule has 0 fully saturated rings. The first-order valence-corrected chi connectivity index (χ1v) is 8.92. The Morgan fingerprint density at radius 1 is 1.00 bits per heavy atom. The number of aliphatic hydroxyl groups is 1. The maximum absolute atomic E-state index is 12.4. The zero-order valence-electron chi connectivity index (χ0n) is 15.7. The number of benzene rings is 1. The van der Waals surface area contributed by atoms with Gasteiger partial charge in [-0.2, -0.15) is 0 Å². The molecule has 0 aliphatic rings. The van der Waals surface area contributed by atoms with Gasteiger partial charge in [-0.3, -0.25) is 0 Å². The van der Waals surface area contributed by atoms with Crippen molar-refractivity contribution in [1.29, 1.82) is 0 Å². The molecule has 0 unspecified atom stereocenters. The van der Waals surface area contributed by atoms with Crippen LogP contribution in [0, 0.1) is 0 Å². The Morgan fingerprint density at radius 2 is 1.71 bits per heavy atom. The second kappa shape index (κ2) is 13.6. The lowest BCUT2D eigenvalue weighted by Gasteiger charge is -2.23. The van der Waals surface area contributed by atoms with Gasteiger partial charge in [0.15, 0.2) is 12.2 Å². The Hall–Kier alpha value is -2.49. The van der Waals surface area contributed by atoms with Gasteiger partial charge in [-0.1, -0.05) is 30.3 Å². The fraction of sp³-hybridized carbons (Fsp3) is 0.526. The van der Waals surface area contributed by atoms with Gasteiger partial charge in [0, 0.05) is 13.2 Å². The highest BCUT2D eigenvalue weighted by atomic mass is 16.6. The van der Waals surface area contributed by atoms with Crippen molar-refractivity contribution in [2.45, 2.75) is 38.6 Å². The molecule has 9 nitrogen and oxygen atoms in total. The van der Waals surface area contributed by atoms with E-state index in [9.17, 15) is 19.5 Å². The van der Waals surface area contributed by atoms with Gasteiger partial charge in [0.1, 0.15) is 13.2 Å². The highest BCUT2D eigenvalue weighted by molar-refractivity contribution is 5.85. The summed E-state index contributed by atoms with van der Waals surface area (Å²) in [6, 6.07) is 8.85. The Balaban J connectivity index is 2.78. The number of rotatable bonds is 14. The van der Waals surface area contributed by atoms with Crippen molar-refractivity contribution in [3.63, 3.8) is 0 Å². The van der Waals surface area contributed by atoms with Gasteiger partial charge >= 0.3 is 17.9 Å². The first-order chi connectivity index (χ1) is 13.5. The van der Waals surface area contributed by atoms with Crippen molar-refractivity contribution in [3.05, 3.63) is 35.9 Å². The van der Waals surface area contributed by atoms with Crippen LogP contribution in [0.2, 0.25) is 0 Å². The monoisotopic (exact) mass is 398 g/mol. The first kappa shape index (κ1) is 23.5. The van der Waals surface area contributed by atoms with Crippen LogP contribution in [-0.2, 0) is 39.9 Å². The number of esters is 2. The van der Waals surface area contributed by atoms with Crippen LogP contribution in [0.5, 0.6) is 0 Å². The van der Waals surface area contributed by atoms with Crippen LogP contribution in [0.25, 0.3) is 0 Å². The molecule has 0 saturated carbocycles. The van der Waals surface area contributed by atoms with Crippen molar-refractivity contribution in [1.82, 2.24) is 0 Å². The third-order valence-corrected chi connectivity index (χ3v) is 3.51. The predicted molar refractivity (Wildman–Crippen MR) is 96.3 cm³/mol. The maximum Gasteiger partial charge on any atom is 0.338 e. The average Bonchev–Trinajstić information content (AvgIpc) is 2.68. The highest BCUT2D eigenvalue weighted by Crippen LogP contribution is 2.11. The molecule has 1 aromatic rings. The summed E-state index contributed by atoms with van der Waals surface area (Å²) in [4.78, 5) is 35.5. The summed E-state index contributed by atoms with van der Waals surface area (Å²) >= 11 is 0. The third-order valence-electron chi connectivity index (χ3n) is 3.51. The van der Waals surface area contributed by atoms with E-state index < -0.39 is 36.7 Å². The number of ether oxygens (including phenoxy) is 4. The van der Waals surface area contributed by atoms with E-state index in [-0.39, 0.29) is 26.4 Å². The zero-order valence-corrected chi connectivity index (χ0v) is 15.7. The van der Waals surface area contributed by atoms with E-state index in [1.807, 2.05) is 6.07 Å². The number of carboxylic acid groups (broad SMARTS) is 1. The van der Waals surface area contributed by atoms with Crippen LogP contribution >= 0.6 is 0 Å². The number of carbonyl (C=O) groups excluding carboxylic acids is 2. The molecule has 156 valence electrons. The Kier molecular flexibility index (Phi) is 11.5. The van der Waals surface area contributed by atoms with Crippen LogP contribution < -0.4 is 0 Å². The summed E-state index contributed by atoms with van der Waals surface area (Å²) in [6.45, 7) is 0.945. The summed E-state index contributed by atoms with van der Waals surface area (Å²) in [5.41, 5.74) is 0.717. The van der Waals surface area contributed by atoms with E-state index in [4.69, 9.17) is 19.3 Å². The lowest BCUT2D eigenvalue weighted by atomic mass is 10.2. The number of carbonyl (C=O) groups is 3. The smallest absolute Gasteiger partial charge is 0.338 e. The molecule has 1 rings (SSSR count). The third kappa shape index (κ3) is 8.94. The summed E-state index contributed by atoms with van der Waals surface area (Å²) in [7, 11) is 0. The molecule has 28 heavy (non-hydrogen) atoms. The number of unbranched alkanes of at least 4 members (excludes halogenated alkanes) is 1. The van der Waals surface area contributed by atoms with Crippen molar-refractivity contribution < 1.29 is 43.5 Å². The number of hydrogen-bond donors (Lipinski definition) is 2. The Labute approximate surface area is 163 Å². The Morgan fingerprint density at radius 3 is 2.32 bits per heavy atom. The molecule has 2 N–H and O–H groups in total. The van der Waals surface area contributed by atoms with E-state index in [2.05, 4.69) is 4.74 Å². The molecule has 0 heterocycles. The normalized spacial score (nSPS) is 12.8. The van der Waals surface area contributed by atoms with Crippen molar-refractivity contribution in [3.8, 4) is 0 Å². The molecule has 0 aliphatic heterocycles. The van der Waals surface area contributed by atoms with E-state index >= 15 is 0 Å². The molecule has 0 bridgehead atoms. The van der Waals surface area contributed by atoms with Crippen molar-refractivity contribution in [2.24, 2.45) is 0 Å². The number of aliphatic hydroxyl groups excluding tert-OH is 1. The standard InChI is InChI=1S/C19H26O9/c1-2-25-15(21)13-27-16(18(22)23)17(26-11-7-6-10-20)19(24)28-12-14-8-4-3-5-9-14/h3-5,8-9,16-17,20H,2,6-7,10-13H2,1H3,(H,22,23)/t16-,17-/m1/s1. The minimum atomic E-state index is -1.75. The molecule has 0 aliphatic carbocycles. The van der Waals surface area contributed by atoms with E-state index in [0.717, 1.165) is 0 Å². The van der Waals surface area contributed by atoms with Gasteiger partial charge in [0.2, 0.25) is 0 Å². The van der Waals surface area contributed by atoms with Crippen molar-refractivity contribution >= 4 is 17.9 Å². The van der Waals surface area contributed by atoms with Crippen LogP contribution in [0.1, 0.15) is 25.3 Å². The molecule has 0 radical (unpaired) electrons. The van der Waals surface area contributed by atoms with Gasteiger partial charge in [-0.05, 0) is 25.3 Å². The second-order valence-corrected chi connectivity index (χ2v) is 5.69. The summed E-state index contributed by atoms with van der Waals surface area (Å²) < 4.78 is 20.3. The zero-order chi connectivity index (χ0) is 20.8. The first-order valence-electron chi connectivity index (χ1n) is 8.92. The molecule has 9 heteroatoms. The minimum absolute atomic E-state index is 0.0121. The fourth-order valence-electron chi connectivity index (χ4n) is 2.16. The van der Waals surface area contributed by atoms with Gasteiger partial charge in [0.05, 0.1) is 6.61 Å². The van der Waals surface area contributed by atoms with E-state index in [1.165, 1.54) is 0 Å². The molecular weight excluding hydrogens is 372 g/mol. The van der Waals surface area contributed by atoms with Gasteiger partial charge in [0.25, 0.3) is 0 Å². The molecule has 0 amide bonds. The summed E-state index contributed by atoms with van der Waals surface area (Å²) in [5.74, 6) is -3.16. The number of aliphatic carboxylic acids is 1. The average molecular weight is 398 g/mol. The van der Waals surface area contributed by atoms with Gasteiger partial charge in [-0.15, -0.1) is 0 Å². The topological polar surface area (TPSA) is 129 Å². The van der Waals surface area contributed by atoms with Crippen LogP contribution in [0.15, 0.2) is 30.3 Å². The second-order valence-electron chi connectivity index (χ2n) is 5.69. The lowest BCUT2D eigenvalue weighted by Crippen LogP contribution is -2.45. The summed E-state index contributed by atoms with van der Waals surface area (Å²) in [5, 5.41) is 18.2. The van der Waals surface area contributed by atoms with Crippen LogP contribution in [-0.4, -0.2) is 66.8 Å². The largest absolute Gasteiger partial charge is 0.479 e. The molecule has 0 saturated heterocycles. The predicted octanol–water partition coefficient (Wildman–Crippen LogP) is 0.920. The molecular formula is C19H26O9. The van der Waals surface area contributed by atoms with Crippen molar-refractivity contribution in [2.75, 3.05) is 26.4 Å². The maximum atomic E-state index is 12.4. The fourth-order valence-corrected chi connectivity index (χ4v) is 2.16. The molecule has 2 atom stereocenters. The van der Waals surface area contributed by atoms with Crippen LogP contribution in [0.3, 0.4) is 0 Å². The quantitative estimate of drug-likeness (QED) is 0.347. The van der Waals surface area contributed by atoms with E-state index in [0.29, 0.717) is 18.4 Å². The summed E-state index contributed by atoms with van der Waals surface area (Å²) in [6.07, 6.45) is -2.49. The van der Waals surface area contributed by atoms with Crippen LogP contribution in [0.4, 0.5) is 0 Å². The van der Waals surface area contributed by atoms with Gasteiger partial charge < -0.3 is 29.2 Å². The number of hydrogen-bond acceptors (Lipinski definition) is 8. The SMILES string of the molecule is CCOC(=O)CO[C@@H](C(=O)O)[C@@H](OCCCCO)C(=O)OCc1ccccc1. The minimum Gasteiger partial charge on any atom is -0.479 e. The molecule has 0 aromatic heterocycles. The molecule has 0 spiro atoms. The highest BCUT2D eigenvalue weighted by Gasteiger charge is 2.37. The Bertz CT molecular complexity index is 603. The van der Waals surface area contributed by atoms with E-state index in [1.54, 1.807) is 31.2 Å².